The first-order valence-electron chi connectivity index (χ1n) is 5.74. The van der Waals surface area contributed by atoms with E-state index in [1.807, 2.05) is 6.07 Å². The molecule has 0 radical (unpaired) electrons. The molecule has 0 aromatic heterocycles. The zero-order valence-electron chi connectivity index (χ0n) is 9.21. The van der Waals surface area contributed by atoms with Crippen LogP contribution in [0.3, 0.4) is 0 Å². The Labute approximate surface area is 97.7 Å². The van der Waals surface area contributed by atoms with Gasteiger partial charge in [0.1, 0.15) is 0 Å². The summed E-state index contributed by atoms with van der Waals surface area (Å²) in [5, 5.41) is 3.37. The first-order chi connectivity index (χ1) is 8.12. The van der Waals surface area contributed by atoms with Gasteiger partial charge in [-0.3, -0.25) is 0 Å². The fourth-order valence-electron chi connectivity index (χ4n) is 2.34. The zero-order chi connectivity index (χ0) is 11.9. The van der Waals surface area contributed by atoms with E-state index in [0.29, 0.717) is 6.04 Å². The molecule has 1 aromatic rings. The molecule has 2 aliphatic rings. The summed E-state index contributed by atoms with van der Waals surface area (Å²) in [7, 11) is 0. The molecule has 1 unspecified atom stereocenters. The van der Waals surface area contributed by atoms with E-state index in [4.69, 9.17) is 0 Å². The molecule has 1 saturated heterocycles. The summed E-state index contributed by atoms with van der Waals surface area (Å²) in [6.45, 7) is 1.04. The van der Waals surface area contributed by atoms with Crippen LogP contribution < -0.4 is 14.8 Å². The standard InChI is InChI=1S/C12H13F2NO2/c13-12(14)16-10-4-3-8(7-11(10)17-12)6-9-2-1-5-15-9/h3-4,7,9,15H,1-2,5-6H2. The number of rotatable bonds is 2. The highest BCUT2D eigenvalue weighted by molar-refractivity contribution is 5.45. The van der Waals surface area contributed by atoms with E-state index in [-0.39, 0.29) is 11.5 Å². The Morgan fingerprint density at radius 3 is 2.88 bits per heavy atom. The Bertz CT molecular complexity index is 431. The minimum Gasteiger partial charge on any atom is -0.395 e. The van der Waals surface area contributed by atoms with Crippen LogP contribution in [0.5, 0.6) is 11.5 Å². The number of hydrogen-bond acceptors (Lipinski definition) is 3. The minimum atomic E-state index is -3.52. The van der Waals surface area contributed by atoms with Crippen LogP contribution in [-0.4, -0.2) is 18.9 Å². The lowest BCUT2D eigenvalue weighted by atomic mass is 10.0. The van der Waals surface area contributed by atoms with Gasteiger partial charge in [0, 0.05) is 6.04 Å². The van der Waals surface area contributed by atoms with Gasteiger partial charge in [0.25, 0.3) is 0 Å². The summed E-state index contributed by atoms with van der Waals surface area (Å²) < 4.78 is 34.4. The smallest absolute Gasteiger partial charge is 0.395 e. The number of hydrogen-bond donors (Lipinski definition) is 1. The molecule has 3 nitrogen and oxygen atoms in total. The average Bonchev–Trinajstić information content (AvgIpc) is 2.83. The van der Waals surface area contributed by atoms with Crippen LogP contribution in [0.2, 0.25) is 0 Å². The molecule has 1 N–H and O–H groups in total. The zero-order valence-corrected chi connectivity index (χ0v) is 9.21. The van der Waals surface area contributed by atoms with Crippen molar-refractivity contribution >= 4 is 0 Å². The second-order valence-electron chi connectivity index (χ2n) is 4.45. The Balaban J connectivity index is 1.76. The van der Waals surface area contributed by atoms with Gasteiger partial charge >= 0.3 is 6.29 Å². The van der Waals surface area contributed by atoms with Crippen LogP contribution in [0.4, 0.5) is 8.78 Å². The van der Waals surface area contributed by atoms with Crippen LogP contribution in [0.15, 0.2) is 18.2 Å². The molecule has 0 amide bonds. The highest BCUT2D eigenvalue weighted by atomic mass is 19.3. The van der Waals surface area contributed by atoms with Crippen molar-refractivity contribution in [2.24, 2.45) is 0 Å². The third kappa shape index (κ3) is 2.20. The van der Waals surface area contributed by atoms with Gasteiger partial charge in [0.2, 0.25) is 0 Å². The third-order valence-electron chi connectivity index (χ3n) is 3.11. The van der Waals surface area contributed by atoms with Gasteiger partial charge in [0.05, 0.1) is 0 Å². The fourth-order valence-corrected chi connectivity index (χ4v) is 2.34. The molecule has 2 heterocycles. The molecular weight excluding hydrogens is 228 g/mol. The summed E-state index contributed by atoms with van der Waals surface area (Å²) in [5.41, 5.74) is 0.990. The number of ether oxygens (including phenoxy) is 2. The number of halogens is 2. The summed E-state index contributed by atoms with van der Waals surface area (Å²) in [4.78, 5) is 0. The van der Waals surface area contributed by atoms with Crippen LogP contribution in [0.25, 0.3) is 0 Å². The summed E-state index contributed by atoms with van der Waals surface area (Å²) in [5.74, 6) is 0.239. The van der Waals surface area contributed by atoms with Gasteiger partial charge in [-0.25, -0.2) is 0 Å². The quantitative estimate of drug-likeness (QED) is 0.861. The van der Waals surface area contributed by atoms with Crippen molar-refractivity contribution in [3.63, 3.8) is 0 Å². The minimum absolute atomic E-state index is 0.109. The molecule has 1 fully saturated rings. The van der Waals surface area contributed by atoms with Crippen LogP contribution in [-0.2, 0) is 6.42 Å². The molecule has 0 bridgehead atoms. The highest BCUT2D eigenvalue weighted by Gasteiger charge is 2.43. The number of benzene rings is 1. The largest absolute Gasteiger partial charge is 0.586 e. The molecule has 1 atom stereocenters. The SMILES string of the molecule is FC1(F)Oc2ccc(CC3CCCN3)cc2O1. The Morgan fingerprint density at radius 2 is 2.12 bits per heavy atom. The average molecular weight is 241 g/mol. The monoisotopic (exact) mass is 241 g/mol. The summed E-state index contributed by atoms with van der Waals surface area (Å²) in [6, 6.07) is 5.43. The van der Waals surface area contributed by atoms with E-state index in [9.17, 15) is 8.78 Å². The van der Waals surface area contributed by atoms with E-state index in [1.165, 1.54) is 6.42 Å². The molecule has 5 heteroatoms. The first kappa shape index (κ1) is 10.8. The van der Waals surface area contributed by atoms with Crippen molar-refractivity contribution in [3.8, 4) is 11.5 Å². The lowest BCUT2D eigenvalue weighted by Crippen LogP contribution is -2.26. The van der Waals surface area contributed by atoms with Crippen molar-refractivity contribution in [3.05, 3.63) is 23.8 Å². The second kappa shape index (κ2) is 3.84. The Kier molecular flexibility index (Phi) is 2.43. The maximum atomic E-state index is 12.8. The fraction of sp³-hybridized carbons (Fsp3) is 0.500. The van der Waals surface area contributed by atoms with E-state index in [2.05, 4.69) is 14.8 Å². The predicted octanol–water partition coefficient (Wildman–Crippen LogP) is 2.30. The van der Waals surface area contributed by atoms with Gasteiger partial charge < -0.3 is 14.8 Å². The molecule has 17 heavy (non-hydrogen) atoms. The Hall–Kier alpha value is -1.36. The Morgan fingerprint density at radius 1 is 1.29 bits per heavy atom. The van der Waals surface area contributed by atoms with Crippen molar-refractivity contribution < 1.29 is 18.3 Å². The third-order valence-corrected chi connectivity index (χ3v) is 3.11. The normalized spacial score (nSPS) is 25.2. The van der Waals surface area contributed by atoms with Crippen molar-refractivity contribution in [2.75, 3.05) is 6.54 Å². The van der Waals surface area contributed by atoms with E-state index >= 15 is 0 Å². The molecule has 3 rings (SSSR count). The van der Waals surface area contributed by atoms with Gasteiger partial charge in [-0.05, 0) is 43.5 Å². The van der Waals surface area contributed by atoms with E-state index < -0.39 is 6.29 Å². The summed E-state index contributed by atoms with van der Waals surface area (Å²) in [6.07, 6.45) is -0.382. The first-order valence-corrected chi connectivity index (χ1v) is 5.74. The molecule has 2 aliphatic heterocycles. The molecule has 1 aromatic carbocycles. The van der Waals surface area contributed by atoms with Crippen molar-refractivity contribution in [2.45, 2.75) is 31.6 Å². The van der Waals surface area contributed by atoms with Gasteiger partial charge in [-0.2, -0.15) is 0 Å². The molecule has 92 valence electrons. The topological polar surface area (TPSA) is 30.5 Å². The highest BCUT2D eigenvalue weighted by Crippen LogP contribution is 2.41. The summed E-state index contributed by atoms with van der Waals surface area (Å²) >= 11 is 0. The van der Waals surface area contributed by atoms with Gasteiger partial charge in [0.15, 0.2) is 11.5 Å². The second-order valence-corrected chi connectivity index (χ2v) is 4.45. The lowest BCUT2D eigenvalue weighted by Gasteiger charge is -2.10. The van der Waals surface area contributed by atoms with Crippen molar-refractivity contribution in [1.29, 1.82) is 0 Å². The van der Waals surface area contributed by atoms with E-state index in [1.54, 1.807) is 12.1 Å². The lowest BCUT2D eigenvalue weighted by molar-refractivity contribution is -0.286. The molecule has 0 aliphatic carbocycles. The number of fused-ring (bicyclic) bond motifs is 1. The maximum absolute atomic E-state index is 12.8. The maximum Gasteiger partial charge on any atom is 0.586 e. The molecule has 0 saturated carbocycles. The van der Waals surface area contributed by atoms with Crippen LogP contribution in [0.1, 0.15) is 18.4 Å². The van der Waals surface area contributed by atoms with Gasteiger partial charge in [-0.15, -0.1) is 8.78 Å². The molecular formula is C12H13F2NO2. The van der Waals surface area contributed by atoms with Crippen LogP contribution in [0, 0.1) is 0 Å². The number of alkyl halides is 2. The number of nitrogens with one attached hydrogen (secondary N) is 1. The van der Waals surface area contributed by atoms with Gasteiger partial charge in [-0.1, -0.05) is 6.07 Å². The van der Waals surface area contributed by atoms with Crippen LogP contribution >= 0.6 is 0 Å². The molecule has 0 spiro atoms. The van der Waals surface area contributed by atoms with E-state index in [0.717, 1.165) is 24.9 Å². The van der Waals surface area contributed by atoms with Crippen molar-refractivity contribution in [1.82, 2.24) is 5.32 Å². The predicted molar refractivity (Wildman–Crippen MR) is 57.4 cm³/mol.